The fourth-order valence-electron chi connectivity index (χ4n) is 0.407. The first-order chi connectivity index (χ1) is 4.16. The highest BCUT2D eigenvalue weighted by atomic mass is 16.6. The van der Waals surface area contributed by atoms with Crippen LogP contribution in [-0.4, -0.2) is 23.9 Å². The Balaban J connectivity index is 3.62. The second-order valence-corrected chi connectivity index (χ2v) is 1.58. The Labute approximate surface area is 53.1 Å². The minimum Gasteiger partial charge on any atom is -0.481 e. The summed E-state index contributed by atoms with van der Waals surface area (Å²) in [5.74, 6) is -0.895. The summed E-state index contributed by atoms with van der Waals surface area (Å²) >= 11 is 0. The van der Waals surface area contributed by atoms with E-state index in [4.69, 9.17) is 5.11 Å². The average molecular weight is 131 g/mol. The maximum Gasteiger partial charge on any atom is 0.309 e. The molecule has 4 heteroatoms. The fraction of sp³-hybridized carbons (Fsp3) is 0.600. The normalized spacial score (nSPS) is 11.1. The molecule has 1 N–H and O–H groups in total. The minimum absolute atomic E-state index is 0.0617. The zero-order chi connectivity index (χ0) is 7.28. The second kappa shape index (κ2) is 3.88. The van der Waals surface area contributed by atoms with Crippen molar-refractivity contribution in [2.45, 2.75) is 13.3 Å². The lowest BCUT2D eigenvalue weighted by atomic mass is 10.3. The highest BCUT2D eigenvalue weighted by Gasteiger charge is 1.98. The van der Waals surface area contributed by atoms with Crippen LogP contribution in [0.4, 0.5) is 0 Å². The maximum atomic E-state index is 9.95. The summed E-state index contributed by atoms with van der Waals surface area (Å²) in [5, 5.41) is 11.6. The molecule has 0 amide bonds. The van der Waals surface area contributed by atoms with Crippen LogP contribution in [0.5, 0.6) is 0 Å². The number of carboxylic acids is 1. The molecule has 0 aromatic carbocycles. The lowest BCUT2D eigenvalue weighted by Gasteiger charge is -1.91. The van der Waals surface area contributed by atoms with E-state index in [1.165, 1.54) is 7.11 Å². The number of aliphatic carboxylic acids is 1. The predicted octanol–water partition coefficient (Wildman–Crippen LogP) is 0.483. The van der Waals surface area contributed by atoms with Gasteiger partial charge in [0.1, 0.15) is 7.11 Å². The summed E-state index contributed by atoms with van der Waals surface area (Å²) in [7, 11) is 1.38. The van der Waals surface area contributed by atoms with Gasteiger partial charge in [0, 0.05) is 0 Å². The summed E-state index contributed by atoms with van der Waals surface area (Å²) in [4.78, 5) is 14.3. The van der Waals surface area contributed by atoms with Crippen molar-refractivity contribution in [3.05, 3.63) is 0 Å². The largest absolute Gasteiger partial charge is 0.481 e. The van der Waals surface area contributed by atoms with Gasteiger partial charge in [0.2, 0.25) is 0 Å². The number of carbonyl (C=O) groups is 1. The van der Waals surface area contributed by atoms with Crippen molar-refractivity contribution < 1.29 is 14.7 Å². The van der Waals surface area contributed by atoms with E-state index in [1.807, 2.05) is 0 Å². The molecule has 0 rings (SSSR count). The molecular formula is C5H9NO3. The molecule has 0 saturated heterocycles. The standard InChI is InChI=1S/C5H9NO3/c1-4(6-9-2)3-5(7)8/h3H2,1-2H3,(H,7,8). The molecule has 0 aliphatic heterocycles. The highest BCUT2D eigenvalue weighted by molar-refractivity contribution is 5.96. The molecule has 0 aromatic rings. The molecule has 9 heavy (non-hydrogen) atoms. The van der Waals surface area contributed by atoms with E-state index >= 15 is 0 Å². The quantitative estimate of drug-likeness (QED) is 0.447. The van der Waals surface area contributed by atoms with E-state index in [0.29, 0.717) is 5.71 Å². The monoisotopic (exact) mass is 131 g/mol. The summed E-state index contributed by atoms with van der Waals surface area (Å²) in [5.41, 5.74) is 0.463. The molecule has 0 bridgehead atoms. The molecule has 0 heterocycles. The van der Waals surface area contributed by atoms with E-state index in [2.05, 4.69) is 9.99 Å². The summed E-state index contributed by atoms with van der Waals surface area (Å²) in [6.07, 6.45) is -0.0617. The van der Waals surface area contributed by atoms with Crippen molar-refractivity contribution in [2.24, 2.45) is 5.16 Å². The molecule has 0 aliphatic carbocycles. The van der Waals surface area contributed by atoms with Gasteiger partial charge in [-0.05, 0) is 6.92 Å². The van der Waals surface area contributed by atoms with E-state index < -0.39 is 5.97 Å². The third-order valence-electron chi connectivity index (χ3n) is 0.654. The molecule has 52 valence electrons. The molecule has 0 saturated carbocycles. The van der Waals surface area contributed by atoms with Crippen LogP contribution in [0, 0.1) is 0 Å². The van der Waals surface area contributed by atoms with Gasteiger partial charge in [0.25, 0.3) is 0 Å². The van der Waals surface area contributed by atoms with Gasteiger partial charge in [-0.1, -0.05) is 5.16 Å². The van der Waals surface area contributed by atoms with Crippen molar-refractivity contribution in [1.82, 2.24) is 0 Å². The lowest BCUT2D eigenvalue weighted by molar-refractivity contribution is -0.135. The van der Waals surface area contributed by atoms with Crippen molar-refractivity contribution in [3.8, 4) is 0 Å². The zero-order valence-electron chi connectivity index (χ0n) is 5.42. The van der Waals surface area contributed by atoms with Crippen LogP contribution in [0.25, 0.3) is 0 Å². The van der Waals surface area contributed by atoms with Gasteiger partial charge in [-0.3, -0.25) is 4.79 Å². The van der Waals surface area contributed by atoms with Gasteiger partial charge in [-0.25, -0.2) is 0 Å². The van der Waals surface area contributed by atoms with Gasteiger partial charge in [-0.2, -0.15) is 0 Å². The summed E-state index contributed by atoms with van der Waals surface area (Å²) in [6, 6.07) is 0. The molecule has 0 atom stereocenters. The number of hydrogen-bond acceptors (Lipinski definition) is 3. The molecule has 0 aromatic heterocycles. The maximum absolute atomic E-state index is 9.95. The Morgan fingerprint density at radius 3 is 2.67 bits per heavy atom. The van der Waals surface area contributed by atoms with Gasteiger partial charge in [0.15, 0.2) is 0 Å². The zero-order valence-corrected chi connectivity index (χ0v) is 5.42. The van der Waals surface area contributed by atoms with E-state index in [0.717, 1.165) is 0 Å². The fourth-order valence-corrected chi connectivity index (χ4v) is 0.407. The number of carboxylic acid groups (broad SMARTS) is 1. The van der Waals surface area contributed by atoms with Crippen molar-refractivity contribution >= 4 is 11.7 Å². The number of hydrogen-bond donors (Lipinski definition) is 1. The lowest BCUT2D eigenvalue weighted by Crippen LogP contribution is -2.02. The molecule has 4 nitrogen and oxygen atoms in total. The van der Waals surface area contributed by atoms with Crippen molar-refractivity contribution in [2.75, 3.05) is 7.11 Å². The van der Waals surface area contributed by atoms with Crippen LogP contribution in [0.15, 0.2) is 5.16 Å². The highest BCUT2D eigenvalue weighted by Crippen LogP contribution is 1.85. The van der Waals surface area contributed by atoms with Crippen LogP contribution >= 0.6 is 0 Å². The van der Waals surface area contributed by atoms with Crippen LogP contribution < -0.4 is 0 Å². The first-order valence-corrected chi connectivity index (χ1v) is 2.45. The topological polar surface area (TPSA) is 58.9 Å². The van der Waals surface area contributed by atoms with E-state index in [-0.39, 0.29) is 6.42 Å². The van der Waals surface area contributed by atoms with Gasteiger partial charge in [-0.15, -0.1) is 0 Å². The first-order valence-electron chi connectivity index (χ1n) is 2.45. The van der Waals surface area contributed by atoms with Crippen LogP contribution in [0.2, 0.25) is 0 Å². The van der Waals surface area contributed by atoms with Gasteiger partial charge in [0.05, 0.1) is 12.1 Å². The number of oxime groups is 1. The van der Waals surface area contributed by atoms with Gasteiger partial charge >= 0.3 is 5.97 Å². The Bertz CT molecular complexity index is 130. The summed E-state index contributed by atoms with van der Waals surface area (Å²) in [6.45, 7) is 1.59. The van der Waals surface area contributed by atoms with Crippen molar-refractivity contribution in [3.63, 3.8) is 0 Å². The van der Waals surface area contributed by atoms with Gasteiger partial charge < -0.3 is 9.94 Å². The predicted molar refractivity (Wildman–Crippen MR) is 32.4 cm³/mol. The SMILES string of the molecule is CON=C(C)CC(=O)O. The second-order valence-electron chi connectivity index (χ2n) is 1.58. The van der Waals surface area contributed by atoms with Crippen LogP contribution in [0.3, 0.4) is 0 Å². The average Bonchev–Trinajstić information content (AvgIpc) is 1.63. The Kier molecular flexibility index (Phi) is 3.43. The third-order valence-corrected chi connectivity index (χ3v) is 0.654. The molecule has 0 spiro atoms. The van der Waals surface area contributed by atoms with Crippen LogP contribution in [-0.2, 0) is 9.63 Å². The third kappa shape index (κ3) is 4.80. The molecule has 0 unspecified atom stereocenters. The Morgan fingerprint density at radius 2 is 2.33 bits per heavy atom. The Hall–Kier alpha value is -1.06. The first kappa shape index (κ1) is 7.94. The summed E-state index contributed by atoms with van der Waals surface area (Å²) < 4.78 is 0. The Morgan fingerprint density at radius 1 is 1.78 bits per heavy atom. The van der Waals surface area contributed by atoms with E-state index in [9.17, 15) is 4.79 Å². The van der Waals surface area contributed by atoms with E-state index in [1.54, 1.807) is 6.92 Å². The van der Waals surface area contributed by atoms with Crippen LogP contribution in [0.1, 0.15) is 13.3 Å². The molecular weight excluding hydrogens is 122 g/mol. The minimum atomic E-state index is -0.895. The number of rotatable bonds is 3. The van der Waals surface area contributed by atoms with Crippen molar-refractivity contribution in [1.29, 1.82) is 0 Å². The molecule has 0 radical (unpaired) electrons. The molecule has 0 aliphatic rings. The molecule has 0 fully saturated rings. The smallest absolute Gasteiger partial charge is 0.309 e. The number of nitrogens with zero attached hydrogens (tertiary/aromatic N) is 1.